The van der Waals surface area contributed by atoms with E-state index in [1.165, 1.54) is 12.1 Å². The van der Waals surface area contributed by atoms with E-state index >= 15 is 0 Å². The number of aliphatic hydroxyl groups excluding tert-OH is 1. The largest absolute Gasteiger partial charge is 0.387 e. The van der Waals surface area contributed by atoms with Crippen LogP contribution in [0.5, 0.6) is 0 Å². The van der Waals surface area contributed by atoms with Crippen LogP contribution in [0.25, 0.3) is 0 Å². The average molecular weight is 419 g/mol. The molecule has 0 heterocycles. The molecule has 0 spiro atoms. The second-order valence-corrected chi connectivity index (χ2v) is 6.02. The summed E-state index contributed by atoms with van der Waals surface area (Å²) in [5.41, 5.74) is 1.34. The Bertz CT molecular complexity index is 649. The summed E-state index contributed by atoms with van der Waals surface area (Å²) in [5, 5.41) is 24.3. The van der Waals surface area contributed by atoms with Gasteiger partial charge in [0, 0.05) is 22.2 Å². The van der Waals surface area contributed by atoms with Gasteiger partial charge >= 0.3 is 0 Å². The van der Waals surface area contributed by atoms with E-state index in [4.69, 9.17) is 11.6 Å². The number of nitrogens with zero attached hydrogens (tertiary/aromatic N) is 1. The van der Waals surface area contributed by atoms with Crippen LogP contribution < -0.4 is 5.32 Å². The Hall–Kier alpha value is -1.38. The zero-order valence-corrected chi connectivity index (χ0v) is 13.7. The first-order valence-electron chi connectivity index (χ1n) is 6.08. The van der Waals surface area contributed by atoms with Crippen molar-refractivity contribution in [2.24, 2.45) is 0 Å². The van der Waals surface area contributed by atoms with Crippen LogP contribution in [0, 0.1) is 13.7 Å². The van der Waals surface area contributed by atoms with Crippen molar-refractivity contribution in [3.8, 4) is 0 Å². The Morgan fingerprint density at radius 1 is 1.29 bits per heavy atom. The molecule has 2 rings (SSSR count). The maximum absolute atomic E-state index is 10.6. The molecule has 5 nitrogen and oxygen atoms in total. The van der Waals surface area contributed by atoms with Gasteiger partial charge in [0.05, 0.1) is 21.7 Å². The SMILES string of the molecule is O=[N+]([O-])c1ccc(C(O)CNc2ccc(I)cc2Cl)cc1. The lowest BCUT2D eigenvalue weighted by atomic mass is 10.1. The Balaban J connectivity index is 2.01. The van der Waals surface area contributed by atoms with Crippen molar-refractivity contribution in [1.29, 1.82) is 0 Å². The van der Waals surface area contributed by atoms with Crippen LogP contribution in [-0.4, -0.2) is 16.6 Å². The molecule has 0 radical (unpaired) electrons. The van der Waals surface area contributed by atoms with E-state index < -0.39 is 11.0 Å². The fraction of sp³-hybridized carbons (Fsp3) is 0.143. The Morgan fingerprint density at radius 3 is 2.52 bits per heavy atom. The lowest BCUT2D eigenvalue weighted by molar-refractivity contribution is -0.384. The maximum atomic E-state index is 10.6. The first kappa shape index (κ1) is 16.0. The molecule has 0 bridgehead atoms. The number of aliphatic hydroxyl groups is 1. The molecule has 0 saturated heterocycles. The van der Waals surface area contributed by atoms with Gasteiger partial charge < -0.3 is 10.4 Å². The number of nitro benzene ring substituents is 1. The molecule has 0 aliphatic carbocycles. The zero-order valence-electron chi connectivity index (χ0n) is 10.8. The number of nitro groups is 1. The Kier molecular flexibility index (Phi) is 5.38. The smallest absolute Gasteiger partial charge is 0.269 e. The normalized spacial score (nSPS) is 12.0. The van der Waals surface area contributed by atoms with E-state index in [1.54, 1.807) is 12.1 Å². The van der Waals surface area contributed by atoms with Gasteiger partial charge in [0.15, 0.2) is 0 Å². The zero-order chi connectivity index (χ0) is 15.4. The predicted octanol–water partition coefficient (Wildman–Crippen LogP) is 4.00. The van der Waals surface area contributed by atoms with Crippen molar-refractivity contribution in [2.75, 3.05) is 11.9 Å². The van der Waals surface area contributed by atoms with Gasteiger partial charge in [-0.3, -0.25) is 10.1 Å². The third-order valence-electron chi connectivity index (χ3n) is 2.91. The molecule has 0 amide bonds. The third kappa shape index (κ3) is 4.29. The highest BCUT2D eigenvalue weighted by Crippen LogP contribution is 2.25. The molecular weight excluding hydrogens is 407 g/mol. The molecule has 0 fully saturated rings. The van der Waals surface area contributed by atoms with Gasteiger partial charge in [0.1, 0.15) is 0 Å². The maximum Gasteiger partial charge on any atom is 0.269 e. The van der Waals surface area contributed by atoms with Crippen LogP contribution in [0.15, 0.2) is 42.5 Å². The number of nitrogens with one attached hydrogen (secondary N) is 1. The molecule has 2 N–H and O–H groups in total. The lowest BCUT2D eigenvalue weighted by Gasteiger charge is -2.14. The van der Waals surface area contributed by atoms with Gasteiger partial charge in [0.25, 0.3) is 5.69 Å². The third-order valence-corrected chi connectivity index (χ3v) is 3.89. The molecule has 1 atom stereocenters. The van der Waals surface area contributed by atoms with Crippen LogP contribution in [-0.2, 0) is 0 Å². The summed E-state index contributed by atoms with van der Waals surface area (Å²) in [7, 11) is 0. The summed E-state index contributed by atoms with van der Waals surface area (Å²) in [6, 6.07) is 11.4. The van der Waals surface area contributed by atoms with Crippen LogP contribution in [0.4, 0.5) is 11.4 Å². The van der Waals surface area contributed by atoms with Crippen molar-refractivity contribution in [3.63, 3.8) is 0 Å². The summed E-state index contributed by atoms with van der Waals surface area (Å²) in [6.07, 6.45) is -0.777. The summed E-state index contributed by atoms with van der Waals surface area (Å²) in [5.74, 6) is 0. The number of rotatable bonds is 5. The molecule has 0 aromatic heterocycles. The van der Waals surface area contributed by atoms with E-state index in [0.717, 1.165) is 9.26 Å². The summed E-state index contributed by atoms with van der Waals surface area (Å²) in [4.78, 5) is 10.1. The number of anilines is 1. The minimum absolute atomic E-state index is 0.000381. The minimum Gasteiger partial charge on any atom is -0.387 e. The van der Waals surface area contributed by atoms with Crippen LogP contribution in [0.2, 0.25) is 5.02 Å². The minimum atomic E-state index is -0.777. The number of benzene rings is 2. The summed E-state index contributed by atoms with van der Waals surface area (Å²) in [6.45, 7) is 0.262. The first-order valence-corrected chi connectivity index (χ1v) is 7.54. The van der Waals surface area contributed by atoms with Crippen molar-refractivity contribution < 1.29 is 10.0 Å². The highest BCUT2D eigenvalue weighted by atomic mass is 127. The number of non-ortho nitro benzene ring substituents is 1. The van der Waals surface area contributed by atoms with Gasteiger partial charge in [-0.05, 0) is 58.5 Å². The molecule has 2 aromatic rings. The Labute approximate surface area is 140 Å². The van der Waals surface area contributed by atoms with Crippen LogP contribution in [0.1, 0.15) is 11.7 Å². The first-order chi connectivity index (χ1) is 9.97. The van der Waals surface area contributed by atoms with E-state index in [9.17, 15) is 15.2 Å². The molecule has 0 saturated carbocycles. The van der Waals surface area contributed by atoms with Crippen LogP contribution in [0.3, 0.4) is 0 Å². The van der Waals surface area contributed by atoms with Crippen molar-refractivity contribution in [2.45, 2.75) is 6.10 Å². The quantitative estimate of drug-likeness (QED) is 0.437. The van der Waals surface area contributed by atoms with E-state index in [1.807, 2.05) is 18.2 Å². The predicted molar refractivity (Wildman–Crippen MR) is 90.7 cm³/mol. The molecule has 21 heavy (non-hydrogen) atoms. The highest BCUT2D eigenvalue weighted by Gasteiger charge is 2.11. The average Bonchev–Trinajstić information content (AvgIpc) is 2.46. The molecular formula is C14H12ClIN2O3. The van der Waals surface area contributed by atoms with E-state index in [0.29, 0.717) is 10.6 Å². The Morgan fingerprint density at radius 2 is 1.95 bits per heavy atom. The second kappa shape index (κ2) is 7.06. The molecule has 7 heteroatoms. The molecule has 1 unspecified atom stereocenters. The van der Waals surface area contributed by atoms with Crippen molar-refractivity contribution in [1.82, 2.24) is 0 Å². The van der Waals surface area contributed by atoms with Crippen molar-refractivity contribution >= 4 is 45.6 Å². The second-order valence-electron chi connectivity index (χ2n) is 4.37. The number of halogens is 2. The van der Waals surface area contributed by atoms with Gasteiger partial charge in [-0.15, -0.1) is 0 Å². The van der Waals surface area contributed by atoms with Gasteiger partial charge in [-0.1, -0.05) is 11.6 Å². The van der Waals surface area contributed by atoms with Crippen molar-refractivity contribution in [3.05, 3.63) is 66.7 Å². The van der Waals surface area contributed by atoms with E-state index in [-0.39, 0.29) is 12.2 Å². The fourth-order valence-corrected chi connectivity index (χ4v) is 2.70. The van der Waals surface area contributed by atoms with Gasteiger partial charge in [-0.25, -0.2) is 0 Å². The van der Waals surface area contributed by atoms with E-state index in [2.05, 4.69) is 27.9 Å². The molecule has 0 aliphatic heterocycles. The molecule has 2 aromatic carbocycles. The van der Waals surface area contributed by atoms with Crippen LogP contribution >= 0.6 is 34.2 Å². The highest BCUT2D eigenvalue weighted by molar-refractivity contribution is 14.1. The monoisotopic (exact) mass is 418 g/mol. The lowest BCUT2D eigenvalue weighted by Crippen LogP contribution is -2.12. The molecule has 110 valence electrons. The van der Waals surface area contributed by atoms with Gasteiger partial charge in [-0.2, -0.15) is 0 Å². The fourth-order valence-electron chi connectivity index (χ4n) is 1.78. The van der Waals surface area contributed by atoms with Gasteiger partial charge in [0.2, 0.25) is 0 Å². The standard InChI is InChI=1S/C14H12ClIN2O3/c15-12-7-10(16)3-6-13(12)17-8-14(19)9-1-4-11(5-2-9)18(20)21/h1-7,14,17,19H,8H2. The summed E-state index contributed by atoms with van der Waals surface area (Å²) >= 11 is 8.26. The molecule has 0 aliphatic rings. The summed E-state index contributed by atoms with van der Waals surface area (Å²) < 4.78 is 1.03. The topological polar surface area (TPSA) is 75.4 Å². The number of hydrogen-bond donors (Lipinski definition) is 2. The number of hydrogen-bond acceptors (Lipinski definition) is 4.